The van der Waals surface area contributed by atoms with Crippen LogP contribution in [0.2, 0.25) is 0 Å². The molecule has 0 atom stereocenters. The number of nitrogens with one attached hydrogen (secondary N) is 1. The summed E-state index contributed by atoms with van der Waals surface area (Å²) < 4.78 is 40.7. The van der Waals surface area contributed by atoms with Crippen molar-refractivity contribution in [1.29, 1.82) is 0 Å². The SMILES string of the molecule is Cl.O=C(c1cc2cc(F)c(F)cc2n1CCOCCOCc1ccccc1)N1CCNCC1. The molecule has 0 saturated carbocycles. The number of halogens is 3. The lowest BCUT2D eigenvalue weighted by Crippen LogP contribution is -2.46. The molecule has 0 aliphatic carbocycles. The van der Waals surface area contributed by atoms with Crippen LogP contribution in [0.1, 0.15) is 16.1 Å². The monoisotopic (exact) mass is 479 g/mol. The van der Waals surface area contributed by atoms with E-state index in [-0.39, 0.29) is 18.3 Å². The van der Waals surface area contributed by atoms with E-state index in [4.69, 9.17) is 9.47 Å². The van der Waals surface area contributed by atoms with Gasteiger partial charge in [-0.1, -0.05) is 30.3 Å². The van der Waals surface area contributed by atoms with Crippen LogP contribution in [0.5, 0.6) is 0 Å². The van der Waals surface area contributed by atoms with Crippen molar-refractivity contribution >= 4 is 29.2 Å². The fourth-order valence-corrected chi connectivity index (χ4v) is 3.84. The Labute approximate surface area is 197 Å². The van der Waals surface area contributed by atoms with Crippen LogP contribution in [0.15, 0.2) is 48.5 Å². The van der Waals surface area contributed by atoms with Gasteiger partial charge in [0.05, 0.1) is 31.9 Å². The van der Waals surface area contributed by atoms with E-state index in [9.17, 15) is 13.6 Å². The van der Waals surface area contributed by atoms with Crippen LogP contribution in [-0.4, -0.2) is 61.4 Å². The molecule has 0 bridgehead atoms. The average molecular weight is 480 g/mol. The molecular weight excluding hydrogens is 452 g/mol. The van der Waals surface area contributed by atoms with Gasteiger partial charge in [0.15, 0.2) is 11.6 Å². The standard InChI is InChI=1S/C24H27F2N3O3.ClH/c25-20-14-19-15-23(24(30)28-8-6-27-7-9-28)29(22(19)16-21(20)26)10-11-31-12-13-32-17-18-4-2-1-3-5-18;/h1-5,14-16,27H,6-13,17H2;1H. The first kappa shape index (κ1) is 25.1. The summed E-state index contributed by atoms with van der Waals surface area (Å²) in [6.07, 6.45) is 0. The second-order valence-electron chi connectivity index (χ2n) is 7.70. The highest BCUT2D eigenvalue weighted by Crippen LogP contribution is 2.24. The van der Waals surface area contributed by atoms with Crippen LogP contribution in [0.4, 0.5) is 8.78 Å². The normalized spacial score (nSPS) is 13.8. The number of piperazine rings is 1. The topological polar surface area (TPSA) is 55.7 Å². The Morgan fingerprint density at radius 1 is 0.939 bits per heavy atom. The molecule has 1 aliphatic heterocycles. The Bertz CT molecular complexity index is 1060. The van der Waals surface area contributed by atoms with E-state index in [1.54, 1.807) is 15.5 Å². The number of benzene rings is 2. The molecular formula is C24H28ClF2N3O3. The zero-order valence-corrected chi connectivity index (χ0v) is 19.1. The molecule has 2 aromatic carbocycles. The molecule has 33 heavy (non-hydrogen) atoms. The first-order chi connectivity index (χ1) is 15.6. The third-order valence-corrected chi connectivity index (χ3v) is 5.51. The Balaban J connectivity index is 0.00000306. The molecule has 0 unspecified atom stereocenters. The highest BCUT2D eigenvalue weighted by molar-refractivity contribution is 5.99. The predicted octanol–water partition coefficient (Wildman–Crippen LogP) is 3.62. The minimum atomic E-state index is -0.937. The Morgan fingerprint density at radius 2 is 1.64 bits per heavy atom. The van der Waals surface area contributed by atoms with Crippen LogP contribution in [0, 0.1) is 11.6 Å². The molecule has 1 fully saturated rings. The maximum Gasteiger partial charge on any atom is 0.270 e. The number of ether oxygens (including phenoxy) is 2. The lowest BCUT2D eigenvalue weighted by Gasteiger charge is -2.27. The largest absolute Gasteiger partial charge is 0.377 e. The van der Waals surface area contributed by atoms with Crippen molar-refractivity contribution in [3.05, 3.63) is 71.4 Å². The van der Waals surface area contributed by atoms with Gasteiger partial charge in [0.1, 0.15) is 5.69 Å². The summed E-state index contributed by atoms with van der Waals surface area (Å²) in [6.45, 7) is 4.66. The highest BCUT2D eigenvalue weighted by atomic mass is 35.5. The lowest BCUT2D eigenvalue weighted by molar-refractivity contribution is 0.0378. The molecule has 1 N–H and O–H groups in total. The molecule has 6 nitrogen and oxygen atoms in total. The van der Waals surface area contributed by atoms with E-state index >= 15 is 0 Å². The summed E-state index contributed by atoms with van der Waals surface area (Å²) in [5.74, 6) is -2.01. The van der Waals surface area contributed by atoms with Gasteiger partial charge in [0.2, 0.25) is 0 Å². The van der Waals surface area contributed by atoms with Gasteiger partial charge in [-0.2, -0.15) is 0 Å². The summed E-state index contributed by atoms with van der Waals surface area (Å²) in [7, 11) is 0. The summed E-state index contributed by atoms with van der Waals surface area (Å²) in [4.78, 5) is 14.9. The smallest absolute Gasteiger partial charge is 0.270 e. The van der Waals surface area contributed by atoms with Gasteiger partial charge in [-0.15, -0.1) is 12.4 Å². The van der Waals surface area contributed by atoms with Crippen LogP contribution in [-0.2, 0) is 22.6 Å². The van der Waals surface area contributed by atoms with Gasteiger partial charge >= 0.3 is 0 Å². The number of hydrogen-bond donors (Lipinski definition) is 1. The van der Waals surface area contributed by atoms with E-state index in [1.165, 1.54) is 0 Å². The molecule has 0 radical (unpaired) electrons. The minimum Gasteiger partial charge on any atom is -0.377 e. The molecule has 1 amide bonds. The predicted molar refractivity (Wildman–Crippen MR) is 125 cm³/mol. The molecule has 3 aromatic rings. The maximum atomic E-state index is 13.9. The third kappa shape index (κ3) is 6.29. The second-order valence-corrected chi connectivity index (χ2v) is 7.70. The number of fused-ring (bicyclic) bond motifs is 1. The highest BCUT2D eigenvalue weighted by Gasteiger charge is 2.23. The molecule has 9 heteroatoms. The van der Waals surface area contributed by atoms with Crippen LogP contribution in [0.3, 0.4) is 0 Å². The second kappa shape index (κ2) is 12.1. The summed E-state index contributed by atoms with van der Waals surface area (Å²) in [5, 5.41) is 3.71. The number of nitrogens with zero attached hydrogens (tertiary/aromatic N) is 2. The van der Waals surface area contributed by atoms with E-state index in [1.807, 2.05) is 30.3 Å². The number of aromatic nitrogens is 1. The lowest BCUT2D eigenvalue weighted by atomic mass is 10.2. The molecule has 178 valence electrons. The van der Waals surface area contributed by atoms with Crippen molar-refractivity contribution in [3.8, 4) is 0 Å². The van der Waals surface area contributed by atoms with Gasteiger partial charge in [-0.05, 0) is 17.7 Å². The first-order valence-corrected chi connectivity index (χ1v) is 10.8. The number of amides is 1. The van der Waals surface area contributed by atoms with E-state index < -0.39 is 11.6 Å². The van der Waals surface area contributed by atoms with Gasteiger partial charge in [-0.3, -0.25) is 4.79 Å². The fraction of sp³-hybridized carbons (Fsp3) is 0.375. The fourth-order valence-electron chi connectivity index (χ4n) is 3.84. The molecule has 1 aromatic heterocycles. The maximum absolute atomic E-state index is 13.9. The van der Waals surface area contributed by atoms with Crippen molar-refractivity contribution in [2.75, 3.05) is 46.0 Å². The first-order valence-electron chi connectivity index (χ1n) is 10.8. The minimum absolute atomic E-state index is 0. The number of hydrogen-bond acceptors (Lipinski definition) is 4. The van der Waals surface area contributed by atoms with Crippen molar-refractivity contribution in [2.45, 2.75) is 13.2 Å². The number of rotatable bonds is 9. The van der Waals surface area contributed by atoms with Crippen molar-refractivity contribution in [2.24, 2.45) is 0 Å². The van der Waals surface area contributed by atoms with Crippen molar-refractivity contribution in [3.63, 3.8) is 0 Å². The third-order valence-electron chi connectivity index (χ3n) is 5.51. The summed E-state index contributed by atoms with van der Waals surface area (Å²) >= 11 is 0. The average Bonchev–Trinajstić information content (AvgIpc) is 3.16. The molecule has 4 rings (SSSR count). The van der Waals surface area contributed by atoms with Gasteiger partial charge in [-0.25, -0.2) is 8.78 Å². The van der Waals surface area contributed by atoms with E-state index in [0.29, 0.717) is 62.7 Å². The van der Waals surface area contributed by atoms with Crippen molar-refractivity contribution in [1.82, 2.24) is 14.8 Å². The van der Waals surface area contributed by atoms with E-state index in [0.717, 1.165) is 30.8 Å². The molecule has 2 heterocycles. The van der Waals surface area contributed by atoms with Gasteiger partial charge in [0, 0.05) is 44.2 Å². The van der Waals surface area contributed by atoms with Gasteiger partial charge < -0.3 is 24.3 Å². The van der Waals surface area contributed by atoms with Crippen LogP contribution < -0.4 is 5.32 Å². The van der Waals surface area contributed by atoms with Crippen molar-refractivity contribution < 1.29 is 23.0 Å². The molecule has 1 aliphatic rings. The molecule has 0 spiro atoms. The van der Waals surface area contributed by atoms with E-state index in [2.05, 4.69) is 5.32 Å². The zero-order chi connectivity index (χ0) is 22.3. The van der Waals surface area contributed by atoms with Crippen LogP contribution in [0.25, 0.3) is 10.9 Å². The number of carbonyl (C=O) groups is 1. The summed E-state index contributed by atoms with van der Waals surface area (Å²) in [6, 6.07) is 13.8. The Hall–Kier alpha value is -2.52. The zero-order valence-electron chi connectivity index (χ0n) is 18.3. The quantitative estimate of drug-likeness (QED) is 0.476. The van der Waals surface area contributed by atoms with Crippen LogP contribution >= 0.6 is 12.4 Å². The van der Waals surface area contributed by atoms with Gasteiger partial charge in [0.25, 0.3) is 5.91 Å². The molecule has 1 saturated heterocycles. The Morgan fingerprint density at radius 3 is 2.39 bits per heavy atom. The Kier molecular flexibility index (Phi) is 9.20. The number of carbonyl (C=O) groups excluding carboxylic acids is 1. The summed E-state index contributed by atoms with van der Waals surface area (Å²) in [5.41, 5.74) is 1.98.